The molecule has 2 aliphatic carbocycles. The summed E-state index contributed by atoms with van der Waals surface area (Å²) in [5.41, 5.74) is 2.53. The molecule has 1 heterocycles. The van der Waals surface area contributed by atoms with Crippen LogP contribution in [-0.2, 0) is 20.9 Å². The second-order valence-electron chi connectivity index (χ2n) is 7.57. The molecule has 0 saturated heterocycles. The fourth-order valence-corrected chi connectivity index (χ4v) is 4.44. The molecule has 4 rings (SSSR count). The number of nitrogens with two attached hydrogens (primary N) is 1. The predicted molar refractivity (Wildman–Crippen MR) is 108 cm³/mol. The molecule has 0 spiro atoms. The molecule has 0 radical (unpaired) electrons. The molecule has 0 unspecified atom stereocenters. The number of hydrogen-bond acceptors (Lipinski definition) is 10. The summed E-state index contributed by atoms with van der Waals surface area (Å²) in [6.45, 7) is -0.319. The highest BCUT2D eigenvalue weighted by Crippen LogP contribution is 2.33. The molecule has 1 aromatic carbocycles. The van der Waals surface area contributed by atoms with Crippen molar-refractivity contribution < 1.29 is 22.8 Å². The van der Waals surface area contributed by atoms with Gasteiger partial charge >= 0.3 is 10.3 Å². The SMILES string of the molecule is NS(=O)(=O)OC[C@H]1C[C@@H](Nc2ncnc(N[C@@H]3CCc4ccccc43)n2)[C@H](O)[C@@H]1O. The summed E-state index contributed by atoms with van der Waals surface area (Å²) in [4.78, 5) is 12.6. The largest absolute Gasteiger partial charge is 0.390 e. The van der Waals surface area contributed by atoms with Crippen LogP contribution in [-0.4, -0.2) is 58.4 Å². The normalized spacial score (nSPS) is 28.3. The highest BCUT2D eigenvalue weighted by molar-refractivity contribution is 7.84. The number of benzene rings is 1. The zero-order chi connectivity index (χ0) is 21.3. The van der Waals surface area contributed by atoms with Crippen LogP contribution in [0.4, 0.5) is 11.9 Å². The van der Waals surface area contributed by atoms with Crippen molar-refractivity contribution in [2.45, 2.75) is 43.6 Å². The lowest BCUT2D eigenvalue weighted by atomic mass is 10.1. The molecule has 162 valence electrons. The van der Waals surface area contributed by atoms with Crippen molar-refractivity contribution in [3.63, 3.8) is 0 Å². The predicted octanol–water partition coefficient (Wildman–Crippen LogP) is -0.287. The molecule has 0 aliphatic heterocycles. The van der Waals surface area contributed by atoms with E-state index in [9.17, 15) is 18.6 Å². The number of fused-ring (bicyclic) bond motifs is 1. The van der Waals surface area contributed by atoms with Gasteiger partial charge in [-0.25, -0.2) is 15.1 Å². The van der Waals surface area contributed by atoms with Gasteiger partial charge in [-0.1, -0.05) is 24.3 Å². The molecule has 1 fully saturated rings. The van der Waals surface area contributed by atoms with Crippen molar-refractivity contribution >= 4 is 22.2 Å². The van der Waals surface area contributed by atoms with E-state index in [-0.39, 0.29) is 25.0 Å². The number of aryl methyl sites for hydroxylation is 1. The van der Waals surface area contributed by atoms with Crippen LogP contribution in [0.5, 0.6) is 0 Å². The van der Waals surface area contributed by atoms with E-state index in [2.05, 4.69) is 41.9 Å². The molecule has 11 nitrogen and oxygen atoms in total. The number of nitrogens with one attached hydrogen (secondary N) is 2. The quantitative estimate of drug-likeness (QED) is 0.388. The number of aromatic nitrogens is 3. The minimum atomic E-state index is -4.12. The van der Waals surface area contributed by atoms with Gasteiger partial charge in [0.1, 0.15) is 12.4 Å². The third kappa shape index (κ3) is 4.68. The van der Waals surface area contributed by atoms with Crippen molar-refractivity contribution in [3.05, 3.63) is 41.7 Å². The Morgan fingerprint density at radius 3 is 2.63 bits per heavy atom. The first-order valence-electron chi connectivity index (χ1n) is 9.63. The first kappa shape index (κ1) is 20.9. The molecule has 6 N–H and O–H groups in total. The number of nitrogens with zero attached hydrogens (tertiary/aromatic N) is 3. The van der Waals surface area contributed by atoms with Gasteiger partial charge in [-0.15, -0.1) is 0 Å². The third-order valence-corrected chi connectivity index (χ3v) is 6.04. The van der Waals surface area contributed by atoms with Crippen molar-refractivity contribution in [2.75, 3.05) is 17.2 Å². The van der Waals surface area contributed by atoms with Gasteiger partial charge in [-0.2, -0.15) is 13.4 Å². The van der Waals surface area contributed by atoms with Gasteiger partial charge in [-0.05, 0) is 30.4 Å². The van der Waals surface area contributed by atoms with Crippen LogP contribution in [0, 0.1) is 5.92 Å². The molecule has 2 aromatic rings. The summed E-state index contributed by atoms with van der Waals surface area (Å²) in [6.07, 6.45) is 1.22. The van der Waals surface area contributed by atoms with Crippen LogP contribution < -0.4 is 15.8 Å². The minimum Gasteiger partial charge on any atom is -0.390 e. The Morgan fingerprint density at radius 2 is 1.87 bits per heavy atom. The summed E-state index contributed by atoms with van der Waals surface area (Å²) in [5.74, 6) is 0.0321. The smallest absolute Gasteiger partial charge is 0.333 e. The Kier molecular flexibility index (Phi) is 5.84. The first-order valence-corrected chi connectivity index (χ1v) is 11.1. The average molecular weight is 436 g/mol. The lowest BCUT2D eigenvalue weighted by molar-refractivity contribution is 0.00776. The Labute approximate surface area is 174 Å². The molecule has 1 saturated carbocycles. The number of aliphatic hydroxyl groups is 2. The van der Waals surface area contributed by atoms with Crippen LogP contribution in [0.25, 0.3) is 0 Å². The maximum atomic E-state index is 11.0. The lowest BCUT2D eigenvalue weighted by Crippen LogP contribution is -2.36. The second kappa shape index (κ2) is 8.40. The number of hydrogen-bond donors (Lipinski definition) is 5. The lowest BCUT2D eigenvalue weighted by Gasteiger charge is -2.18. The Balaban J connectivity index is 1.40. The van der Waals surface area contributed by atoms with Gasteiger partial charge in [0.2, 0.25) is 11.9 Å². The summed E-state index contributed by atoms with van der Waals surface area (Å²) in [5, 5.41) is 31.6. The zero-order valence-corrected chi connectivity index (χ0v) is 16.9. The fraction of sp³-hybridized carbons (Fsp3) is 0.500. The van der Waals surface area contributed by atoms with E-state index in [4.69, 9.17) is 5.14 Å². The van der Waals surface area contributed by atoms with Crippen LogP contribution in [0.2, 0.25) is 0 Å². The van der Waals surface area contributed by atoms with E-state index < -0.39 is 34.5 Å². The summed E-state index contributed by atoms with van der Waals surface area (Å²) < 4.78 is 26.5. The Bertz CT molecular complexity index is 1010. The minimum absolute atomic E-state index is 0.107. The fourth-order valence-electron chi connectivity index (χ4n) is 4.08. The topological polar surface area (TPSA) is 173 Å². The standard InChI is InChI=1S/C18H24N6O5S/c19-30(27,28)29-8-11-7-14(16(26)15(11)25)23-18-21-9-20-17(24-18)22-13-6-5-10-3-1-2-4-12(10)13/h1-4,9,11,13-16,25-26H,5-8H2,(H2,19,27,28)(H2,20,21,22,23,24)/t11-,13-,14-,15-,16+/m1/s1. The molecule has 0 amide bonds. The first-order chi connectivity index (χ1) is 14.3. The summed E-state index contributed by atoms with van der Waals surface area (Å²) in [7, 11) is -4.12. The van der Waals surface area contributed by atoms with E-state index >= 15 is 0 Å². The molecule has 5 atom stereocenters. The number of aliphatic hydroxyl groups excluding tert-OH is 2. The van der Waals surface area contributed by atoms with Crippen LogP contribution >= 0.6 is 0 Å². The van der Waals surface area contributed by atoms with Gasteiger partial charge in [0.05, 0.1) is 24.8 Å². The second-order valence-corrected chi connectivity index (χ2v) is 8.79. The molecule has 30 heavy (non-hydrogen) atoms. The van der Waals surface area contributed by atoms with Crippen LogP contribution in [0.1, 0.15) is 30.0 Å². The third-order valence-electron chi connectivity index (χ3n) is 5.57. The Morgan fingerprint density at radius 1 is 1.13 bits per heavy atom. The molecular weight excluding hydrogens is 412 g/mol. The van der Waals surface area contributed by atoms with Crippen molar-refractivity contribution in [3.8, 4) is 0 Å². The highest BCUT2D eigenvalue weighted by atomic mass is 32.2. The maximum absolute atomic E-state index is 11.0. The maximum Gasteiger partial charge on any atom is 0.333 e. The van der Waals surface area contributed by atoms with E-state index in [1.54, 1.807) is 0 Å². The van der Waals surface area contributed by atoms with E-state index in [0.29, 0.717) is 5.95 Å². The highest BCUT2D eigenvalue weighted by Gasteiger charge is 2.42. The van der Waals surface area contributed by atoms with E-state index in [0.717, 1.165) is 12.8 Å². The molecule has 0 bridgehead atoms. The zero-order valence-electron chi connectivity index (χ0n) is 16.0. The number of rotatable bonds is 7. The van der Waals surface area contributed by atoms with E-state index in [1.165, 1.54) is 17.5 Å². The van der Waals surface area contributed by atoms with Gasteiger partial charge in [-0.3, -0.25) is 4.18 Å². The molecule has 2 aliphatic rings. The summed E-state index contributed by atoms with van der Waals surface area (Å²) in [6, 6.07) is 7.74. The van der Waals surface area contributed by atoms with Gasteiger partial charge in [0.15, 0.2) is 0 Å². The molecule has 1 aromatic heterocycles. The van der Waals surface area contributed by atoms with Crippen LogP contribution in [0.3, 0.4) is 0 Å². The summed E-state index contributed by atoms with van der Waals surface area (Å²) >= 11 is 0. The molecular formula is C18H24N6O5S. The number of anilines is 2. The molecule has 12 heteroatoms. The Hall–Kier alpha value is -2.38. The van der Waals surface area contributed by atoms with Crippen molar-refractivity contribution in [1.29, 1.82) is 0 Å². The average Bonchev–Trinajstić information content (AvgIpc) is 3.23. The van der Waals surface area contributed by atoms with Crippen LogP contribution in [0.15, 0.2) is 30.6 Å². The van der Waals surface area contributed by atoms with Gasteiger partial charge < -0.3 is 20.8 Å². The van der Waals surface area contributed by atoms with E-state index in [1.807, 2.05) is 12.1 Å². The monoisotopic (exact) mass is 436 g/mol. The van der Waals surface area contributed by atoms with Crippen molar-refractivity contribution in [2.24, 2.45) is 11.1 Å². The van der Waals surface area contributed by atoms with Gasteiger partial charge in [0.25, 0.3) is 0 Å². The van der Waals surface area contributed by atoms with Crippen molar-refractivity contribution in [1.82, 2.24) is 15.0 Å². The van der Waals surface area contributed by atoms with Gasteiger partial charge in [0, 0.05) is 5.92 Å².